The summed E-state index contributed by atoms with van der Waals surface area (Å²) < 4.78 is 31.2. The van der Waals surface area contributed by atoms with Crippen molar-refractivity contribution in [1.29, 1.82) is 0 Å². The second-order valence-corrected chi connectivity index (χ2v) is 4.23. The first-order valence-electron chi connectivity index (χ1n) is 5.52. The van der Waals surface area contributed by atoms with Crippen molar-refractivity contribution in [3.05, 3.63) is 52.7 Å². The van der Waals surface area contributed by atoms with E-state index in [1.54, 1.807) is 13.1 Å². The Labute approximate surface area is 114 Å². The van der Waals surface area contributed by atoms with Crippen molar-refractivity contribution in [1.82, 2.24) is 10.3 Å². The molecule has 0 radical (unpaired) electrons. The fourth-order valence-corrected chi connectivity index (χ4v) is 1.67. The van der Waals surface area contributed by atoms with Gasteiger partial charge < -0.3 is 10.1 Å². The summed E-state index contributed by atoms with van der Waals surface area (Å²) in [7, 11) is 1.78. The fraction of sp³-hybridized carbons (Fsp3) is 0.154. The largest absolute Gasteiger partial charge is 0.439 e. The molecule has 0 unspecified atom stereocenters. The van der Waals surface area contributed by atoms with Crippen LogP contribution in [0.5, 0.6) is 11.6 Å². The summed E-state index contributed by atoms with van der Waals surface area (Å²) in [5.41, 5.74) is 0.803. The van der Waals surface area contributed by atoms with Gasteiger partial charge in [0.2, 0.25) is 5.88 Å². The number of halogens is 3. The van der Waals surface area contributed by atoms with Gasteiger partial charge in [-0.3, -0.25) is 0 Å². The van der Waals surface area contributed by atoms with Gasteiger partial charge in [0.25, 0.3) is 0 Å². The molecule has 1 N–H and O–H groups in total. The second kappa shape index (κ2) is 5.95. The lowest BCUT2D eigenvalue weighted by Crippen LogP contribution is -2.06. The Bertz CT molecular complexity index is 593. The minimum absolute atomic E-state index is 0.170. The molecule has 19 heavy (non-hydrogen) atoms. The van der Waals surface area contributed by atoms with Crippen molar-refractivity contribution in [2.45, 2.75) is 6.54 Å². The van der Waals surface area contributed by atoms with Gasteiger partial charge in [-0.05, 0) is 24.7 Å². The van der Waals surface area contributed by atoms with E-state index < -0.39 is 11.6 Å². The SMILES string of the molecule is CNCc1cc(Oc2ccc(F)c(F)c2)ncc1Cl. The maximum Gasteiger partial charge on any atom is 0.219 e. The predicted molar refractivity (Wildman–Crippen MR) is 68.4 cm³/mol. The minimum atomic E-state index is -0.970. The molecule has 1 aromatic heterocycles. The molecule has 0 amide bonds. The Morgan fingerprint density at radius 1 is 1.26 bits per heavy atom. The summed E-state index contributed by atoms with van der Waals surface area (Å²) in [5, 5.41) is 3.46. The third-order valence-corrected chi connectivity index (χ3v) is 2.73. The number of aromatic nitrogens is 1. The zero-order valence-corrected chi connectivity index (χ0v) is 10.8. The number of hydrogen-bond acceptors (Lipinski definition) is 3. The lowest BCUT2D eigenvalue weighted by Gasteiger charge is -2.08. The average Bonchev–Trinajstić information content (AvgIpc) is 2.38. The first-order chi connectivity index (χ1) is 9.10. The third kappa shape index (κ3) is 3.39. The summed E-state index contributed by atoms with van der Waals surface area (Å²) in [5.74, 6) is -1.46. The molecule has 100 valence electrons. The van der Waals surface area contributed by atoms with Gasteiger partial charge in [0, 0.05) is 24.9 Å². The number of nitrogens with zero attached hydrogens (tertiary/aromatic N) is 1. The van der Waals surface area contributed by atoms with E-state index in [9.17, 15) is 8.78 Å². The molecule has 2 rings (SSSR count). The Balaban J connectivity index is 2.22. The zero-order chi connectivity index (χ0) is 13.8. The van der Waals surface area contributed by atoms with Crippen molar-refractivity contribution in [3.63, 3.8) is 0 Å². The highest BCUT2D eigenvalue weighted by Gasteiger charge is 2.07. The second-order valence-electron chi connectivity index (χ2n) is 3.82. The lowest BCUT2D eigenvalue weighted by atomic mass is 10.2. The van der Waals surface area contributed by atoms with Crippen LogP contribution < -0.4 is 10.1 Å². The molecule has 0 spiro atoms. The number of hydrogen-bond donors (Lipinski definition) is 1. The van der Waals surface area contributed by atoms with Gasteiger partial charge >= 0.3 is 0 Å². The molecule has 0 aliphatic carbocycles. The van der Waals surface area contributed by atoms with E-state index in [-0.39, 0.29) is 11.6 Å². The molecule has 0 fully saturated rings. The van der Waals surface area contributed by atoms with E-state index in [1.165, 1.54) is 12.3 Å². The molecule has 6 heteroatoms. The third-order valence-electron chi connectivity index (χ3n) is 2.39. The molecule has 2 aromatic rings. The summed E-state index contributed by atoms with van der Waals surface area (Å²) in [6.45, 7) is 0.551. The van der Waals surface area contributed by atoms with Crippen LogP contribution in [0.3, 0.4) is 0 Å². The van der Waals surface area contributed by atoms with E-state index in [0.717, 1.165) is 17.7 Å². The first-order valence-corrected chi connectivity index (χ1v) is 5.90. The van der Waals surface area contributed by atoms with E-state index in [0.29, 0.717) is 11.6 Å². The van der Waals surface area contributed by atoms with Gasteiger partial charge in [-0.25, -0.2) is 13.8 Å². The molecular weight excluding hydrogens is 274 g/mol. The summed E-state index contributed by atoms with van der Waals surface area (Å²) in [6, 6.07) is 4.92. The Morgan fingerprint density at radius 3 is 2.74 bits per heavy atom. The van der Waals surface area contributed by atoms with E-state index >= 15 is 0 Å². The topological polar surface area (TPSA) is 34.1 Å². The first kappa shape index (κ1) is 13.7. The zero-order valence-electron chi connectivity index (χ0n) is 10.1. The monoisotopic (exact) mass is 284 g/mol. The summed E-state index contributed by atoms with van der Waals surface area (Å²) >= 11 is 5.96. The number of benzene rings is 1. The molecule has 0 saturated carbocycles. The minimum Gasteiger partial charge on any atom is -0.439 e. The van der Waals surface area contributed by atoms with Crippen LogP contribution in [0.2, 0.25) is 5.02 Å². The van der Waals surface area contributed by atoms with Gasteiger partial charge in [-0.2, -0.15) is 0 Å². The Morgan fingerprint density at radius 2 is 2.05 bits per heavy atom. The van der Waals surface area contributed by atoms with Gasteiger partial charge in [-0.1, -0.05) is 11.6 Å². The smallest absolute Gasteiger partial charge is 0.219 e. The number of pyridine rings is 1. The van der Waals surface area contributed by atoms with E-state index in [2.05, 4.69) is 10.3 Å². The summed E-state index contributed by atoms with van der Waals surface area (Å²) in [6.07, 6.45) is 1.45. The number of ether oxygens (including phenoxy) is 1. The molecular formula is C13H11ClF2N2O. The molecule has 1 aromatic carbocycles. The van der Waals surface area contributed by atoms with Crippen LogP contribution in [0.1, 0.15) is 5.56 Å². The average molecular weight is 285 g/mol. The van der Waals surface area contributed by atoms with Crippen molar-refractivity contribution >= 4 is 11.6 Å². The van der Waals surface area contributed by atoms with Crippen LogP contribution in [0.25, 0.3) is 0 Å². The molecule has 1 heterocycles. The number of nitrogens with one attached hydrogen (secondary N) is 1. The normalized spacial score (nSPS) is 10.5. The lowest BCUT2D eigenvalue weighted by molar-refractivity contribution is 0.447. The van der Waals surface area contributed by atoms with Crippen LogP contribution in [0.4, 0.5) is 8.78 Å². The Kier molecular flexibility index (Phi) is 4.29. The maximum absolute atomic E-state index is 13.0. The molecule has 0 aliphatic heterocycles. The highest BCUT2D eigenvalue weighted by Crippen LogP contribution is 2.25. The van der Waals surface area contributed by atoms with Gasteiger partial charge in [0.05, 0.1) is 5.02 Å². The van der Waals surface area contributed by atoms with E-state index in [4.69, 9.17) is 16.3 Å². The van der Waals surface area contributed by atoms with Crippen molar-refractivity contribution in [2.24, 2.45) is 0 Å². The highest BCUT2D eigenvalue weighted by atomic mass is 35.5. The number of rotatable bonds is 4. The summed E-state index contributed by atoms with van der Waals surface area (Å²) in [4.78, 5) is 3.97. The fourth-order valence-electron chi connectivity index (χ4n) is 1.50. The molecule has 0 atom stereocenters. The van der Waals surface area contributed by atoms with Crippen LogP contribution in [0.15, 0.2) is 30.5 Å². The van der Waals surface area contributed by atoms with Gasteiger partial charge in [-0.15, -0.1) is 0 Å². The van der Waals surface area contributed by atoms with Crippen LogP contribution >= 0.6 is 11.6 Å². The van der Waals surface area contributed by atoms with Crippen LogP contribution in [0, 0.1) is 11.6 Å². The molecule has 3 nitrogen and oxygen atoms in total. The quantitative estimate of drug-likeness (QED) is 0.933. The van der Waals surface area contributed by atoms with Gasteiger partial charge in [0.1, 0.15) is 5.75 Å². The van der Waals surface area contributed by atoms with Gasteiger partial charge in [0.15, 0.2) is 11.6 Å². The molecule has 0 bridgehead atoms. The van der Waals surface area contributed by atoms with Crippen molar-refractivity contribution in [3.8, 4) is 11.6 Å². The van der Waals surface area contributed by atoms with Crippen LogP contribution in [-0.2, 0) is 6.54 Å². The molecule has 0 saturated heterocycles. The predicted octanol–water partition coefficient (Wildman–Crippen LogP) is 3.52. The standard InChI is InChI=1S/C13H11ClF2N2O/c1-17-6-8-4-13(18-7-10(8)14)19-9-2-3-11(15)12(16)5-9/h2-5,7,17H,6H2,1H3. The highest BCUT2D eigenvalue weighted by molar-refractivity contribution is 6.31. The van der Waals surface area contributed by atoms with Crippen molar-refractivity contribution < 1.29 is 13.5 Å². The van der Waals surface area contributed by atoms with E-state index in [1.807, 2.05) is 0 Å². The van der Waals surface area contributed by atoms with Crippen LogP contribution in [-0.4, -0.2) is 12.0 Å². The van der Waals surface area contributed by atoms with Crippen molar-refractivity contribution in [2.75, 3.05) is 7.05 Å². The molecule has 0 aliphatic rings. The maximum atomic E-state index is 13.0. The Hall–Kier alpha value is -1.72.